The molecule has 0 bridgehead atoms. The van der Waals surface area contributed by atoms with Gasteiger partial charge in [-0.25, -0.2) is 0 Å². The number of aryl methyl sites for hydroxylation is 2. The highest BCUT2D eigenvalue weighted by Gasteiger charge is 2.12. The zero-order chi connectivity index (χ0) is 52.7. The van der Waals surface area contributed by atoms with E-state index in [4.69, 9.17) is 9.98 Å². The van der Waals surface area contributed by atoms with Gasteiger partial charge >= 0.3 is 0 Å². The third-order valence-corrected chi connectivity index (χ3v) is 16.4. The Kier molecular flexibility index (Phi) is 49.7. The summed E-state index contributed by atoms with van der Waals surface area (Å²) < 4.78 is 0. The van der Waals surface area contributed by atoms with Crippen molar-refractivity contribution in [1.29, 1.82) is 0 Å². The van der Waals surface area contributed by atoms with Crippen LogP contribution in [0, 0.1) is 0 Å². The summed E-state index contributed by atoms with van der Waals surface area (Å²) in [6.45, 7) is 9.24. The first-order valence-electron chi connectivity index (χ1n) is 34.0. The van der Waals surface area contributed by atoms with Crippen LogP contribution in [0.15, 0.2) is 58.5 Å². The molecule has 0 atom stereocenters. The fourth-order valence-electron chi connectivity index (χ4n) is 11.3. The number of nitrogens with zero attached hydrogens (tertiary/aromatic N) is 2. The molecule has 0 N–H and O–H groups in total. The Bertz CT molecular complexity index is 1480. The molecular formula is C72H128N2. The maximum absolute atomic E-state index is 5.39. The SMILES string of the molecule is CCCCCCCCCCCCCCCCCCCCCCCc1ccc(N=C(CCCC)C(CCCCCCCC)=Nc2ccc(CCCCCCCCCCCCCCCCCCCCCCC)cc2)cc1. The first-order valence-corrected chi connectivity index (χ1v) is 34.0. The van der Waals surface area contributed by atoms with Crippen molar-refractivity contribution >= 4 is 22.8 Å². The van der Waals surface area contributed by atoms with Crippen molar-refractivity contribution in [2.45, 2.75) is 374 Å². The molecule has 0 radical (unpaired) electrons. The molecular weight excluding hydrogens is 893 g/mol. The molecule has 2 rings (SSSR count). The molecule has 0 aliphatic carbocycles. The lowest BCUT2D eigenvalue weighted by atomic mass is 10.0. The summed E-state index contributed by atoms with van der Waals surface area (Å²) in [4.78, 5) is 10.8. The molecule has 0 aliphatic heterocycles. The van der Waals surface area contributed by atoms with Crippen LogP contribution < -0.4 is 0 Å². The molecule has 0 fully saturated rings. The number of aliphatic imine (C=N–C) groups is 2. The summed E-state index contributed by atoms with van der Waals surface area (Å²) in [5.41, 5.74) is 7.54. The quantitative estimate of drug-likeness (QED) is 0.0466. The van der Waals surface area contributed by atoms with Gasteiger partial charge in [-0.15, -0.1) is 0 Å². The molecule has 0 aliphatic rings. The third kappa shape index (κ3) is 42.8. The average molecular weight is 1020 g/mol. The molecule has 2 aromatic rings. The van der Waals surface area contributed by atoms with Crippen LogP contribution in [0.4, 0.5) is 11.4 Å². The largest absolute Gasteiger partial charge is 0.252 e. The minimum atomic E-state index is 1.00. The van der Waals surface area contributed by atoms with Crippen molar-refractivity contribution in [2.75, 3.05) is 0 Å². The molecule has 2 aromatic carbocycles. The highest BCUT2D eigenvalue weighted by atomic mass is 14.8. The van der Waals surface area contributed by atoms with E-state index in [1.807, 2.05) is 0 Å². The van der Waals surface area contributed by atoms with Gasteiger partial charge in [-0.3, -0.25) is 9.98 Å². The van der Waals surface area contributed by atoms with Crippen molar-refractivity contribution in [3.05, 3.63) is 59.7 Å². The van der Waals surface area contributed by atoms with E-state index in [9.17, 15) is 0 Å². The molecule has 2 heteroatoms. The van der Waals surface area contributed by atoms with Gasteiger partial charge in [0.1, 0.15) is 0 Å². The lowest BCUT2D eigenvalue weighted by Gasteiger charge is -2.12. The van der Waals surface area contributed by atoms with E-state index in [2.05, 4.69) is 76.2 Å². The van der Waals surface area contributed by atoms with Crippen LogP contribution in [0.5, 0.6) is 0 Å². The molecule has 0 saturated heterocycles. The highest BCUT2D eigenvalue weighted by molar-refractivity contribution is 6.43. The van der Waals surface area contributed by atoms with Crippen LogP contribution in [0.2, 0.25) is 0 Å². The molecule has 0 heterocycles. The number of rotatable bonds is 57. The summed E-state index contributed by atoms with van der Waals surface area (Å²) in [5.74, 6) is 0. The van der Waals surface area contributed by atoms with Gasteiger partial charge < -0.3 is 0 Å². The van der Waals surface area contributed by atoms with Crippen molar-refractivity contribution in [3.8, 4) is 0 Å². The molecule has 426 valence electrons. The average Bonchev–Trinajstić information content (AvgIpc) is 3.42. The standard InChI is InChI=1S/C72H128N2/c1-5-9-13-16-19-21-23-25-27-29-31-33-35-37-39-41-43-45-47-49-52-55-67-59-63-69(64-60-67)73-71(57-12-8-4)72(58-54-51-18-15-11-7-3)74-70-65-61-68(62-66-70)56-53-50-48-46-44-42-40-38-36-34-32-30-28-26-24-22-20-17-14-10-6-2/h59-66H,5-58H2,1-4H3. The lowest BCUT2D eigenvalue weighted by molar-refractivity contribution is 0.520. The van der Waals surface area contributed by atoms with E-state index < -0.39 is 0 Å². The van der Waals surface area contributed by atoms with Gasteiger partial charge in [-0.1, -0.05) is 347 Å². The van der Waals surface area contributed by atoms with Gasteiger partial charge in [-0.2, -0.15) is 0 Å². The van der Waals surface area contributed by atoms with E-state index in [1.54, 1.807) is 0 Å². The number of benzene rings is 2. The summed E-state index contributed by atoms with van der Waals surface area (Å²) in [6.07, 6.45) is 75.0. The smallest absolute Gasteiger partial charge is 0.0633 e. The van der Waals surface area contributed by atoms with Crippen molar-refractivity contribution in [1.82, 2.24) is 0 Å². The normalized spacial score (nSPS) is 12.2. The van der Waals surface area contributed by atoms with Crippen LogP contribution in [0.3, 0.4) is 0 Å². The second-order valence-electron chi connectivity index (χ2n) is 23.7. The van der Waals surface area contributed by atoms with E-state index >= 15 is 0 Å². The zero-order valence-electron chi connectivity index (χ0n) is 50.7. The number of unbranched alkanes of at least 4 members (excludes halogenated alkanes) is 46. The Balaban J connectivity index is 1.67. The van der Waals surface area contributed by atoms with E-state index in [-0.39, 0.29) is 0 Å². The fraction of sp³-hybridized carbons (Fsp3) is 0.806. The van der Waals surface area contributed by atoms with Crippen LogP contribution in [0.25, 0.3) is 0 Å². The van der Waals surface area contributed by atoms with Gasteiger partial charge in [-0.05, 0) is 86.8 Å². The Morgan fingerprint density at radius 3 is 0.635 bits per heavy atom. The molecule has 0 aromatic heterocycles. The van der Waals surface area contributed by atoms with Gasteiger partial charge in [0.15, 0.2) is 0 Å². The van der Waals surface area contributed by atoms with Crippen LogP contribution in [-0.4, -0.2) is 11.4 Å². The summed E-state index contributed by atoms with van der Waals surface area (Å²) in [5, 5.41) is 0. The van der Waals surface area contributed by atoms with Gasteiger partial charge in [0.2, 0.25) is 0 Å². The van der Waals surface area contributed by atoms with Crippen molar-refractivity contribution < 1.29 is 0 Å². The second kappa shape index (κ2) is 54.1. The number of hydrogen-bond donors (Lipinski definition) is 0. The Labute approximate surface area is 464 Å². The molecule has 0 saturated carbocycles. The van der Waals surface area contributed by atoms with Crippen molar-refractivity contribution in [3.63, 3.8) is 0 Å². The van der Waals surface area contributed by atoms with Gasteiger partial charge in [0.25, 0.3) is 0 Å². The molecule has 0 amide bonds. The van der Waals surface area contributed by atoms with E-state index in [0.717, 1.165) is 30.6 Å². The Morgan fingerprint density at radius 2 is 0.405 bits per heavy atom. The Hall–Kier alpha value is -2.22. The Morgan fingerprint density at radius 1 is 0.216 bits per heavy atom. The molecule has 0 spiro atoms. The molecule has 0 unspecified atom stereocenters. The van der Waals surface area contributed by atoms with Crippen LogP contribution in [-0.2, 0) is 12.8 Å². The van der Waals surface area contributed by atoms with Crippen molar-refractivity contribution in [2.24, 2.45) is 9.98 Å². The zero-order valence-corrected chi connectivity index (χ0v) is 50.7. The first kappa shape index (κ1) is 67.9. The first-order chi connectivity index (χ1) is 36.7. The predicted molar refractivity (Wildman–Crippen MR) is 337 cm³/mol. The summed E-state index contributed by atoms with van der Waals surface area (Å²) >= 11 is 0. The third-order valence-electron chi connectivity index (χ3n) is 16.4. The monoisotopic (exact) mass is 1020 g/mol. The van der Waals surface area contributed by atoms with Gasteiger partial charge in [0, 0.05) is 0 Å². The topological polar surface area (TPSA) is 24.7 Å². The second-order valence-corrected chi connectivity index (χ2v) is 23.7. The van der Waals surface area contributed by atoms with E-state index in [0.29, 0.717) is 0 Å². The van der Waals surface area contributed by atoms with Gasteiger partial charge in [0.05, 0.1) is 22.8 Å². The van der Waals surface area contributed by atoms with Crippen LogP contribution in [0.1, 0.15) is 373 Å². The lowest BCUT2D eigenvalue weighted by Crippen LogP contribution is -2.14. The van der Waals surface area contributed by atoms with Crippen LogP contribution >= 0.6 is 0 Å². The highest BCUT2D eigenvalue weighted by Crippen LogP contribution is 2.24. The fourth-order valence-corrected chi connectivity index (χ4v) is 11.3. The molecule has 74 heavy (non-hydrogen) atoms. The minimum Gasteiger partial charge on any atom is -0.252 e. The summed E-state index contributed by atoms with van der Waals surface area (Å²) in [7, 11) is 0. The number of hydrogen-bond acceptors (Lipinski definition) is 2. The molecule has 2 nitrogen and oxygen atoms in total. The summed E-state index contributed by atoms with van der Waals surface area (Å²) in [6, 6.07) is 18.5. The minimum absolute atomic E-state index is 1.00. The maximum atomic E-state index is 5.39. The predicted octanol–water partition coefficient (Wildman–Crippen LogP) is 26.0. The van der Waals surface area contributed by atoms with E-state index in [1.165, 1.54) is 350 Å². The maximum Gasteiger partial charge on any atom is 0.0633 e.